The lowest BCUT2D eigenvalue weighted by Crippen LogP contribution is -2.04. The minimum Gasteiger partial charge on any atom is -0.475 e. The highest BCUT2D eigenvalue weighted by atomic mass is 16.5. The van der Waals surface area contributed by atoms with Gasteiger partial charge in [0.05, 0.1) is 6.61 Å². The number of rotatable bonds is 2. The standard InChI is InChI=1S/C10H10N2O2/c1-2-13-9(11)10-12-7-5-3-4-6-8(7)14-10/h3-6,11H,2H2,1H3. The fourth-order valence-corrected chi connectivity index (χ4v) is 1.18. The number of benzene rings is 1. The lowest BCUT2D eigenvalue weighted by molar-refractivity contribution is 0.315. The first-order chi connectivity index (χ1) is 6.81. The molecule has 4 heteroatoms. The van der Waals surface area contributed by atoms with Crippen molar-refractivity contribution in [2.24, 2.45) is 0 Å². The third kappa shape index (κ3) is 1.46. The van der Waals surface area contributed by atoms with Crippen LogP contribution in [-0.2, 0) is 4.74 Å². The van der Waals surface area contributed by atoms with E-state index in [2.05, 4.69) is 4.98 Å². The van der Waals surface area contributed by atoms with Gasteiger partial charge in [0.2, 0.25) is 0 Å². The van der Waals surface area contributed by atoms with Gasteiger partial charge >= 0.3 is 0 Å². The monoisotopic (exact) mass is 190 g/mol. The van der Waals surface area contributed by atoms with Crippen LogP contribution in [0.4, 0.5) is 0 Å². The molecule has 0 atom stereocenters. The number of ether oxygens (including phenoxy) is 1. The second-order valence-corrected chi connectivity index (χ2v) is 2.75. The van der Waals surface area contributed by atoms with Gasteiger partial charge in [0.25, 0.3) is 11.8 Å². The average molecular weight is 190 g/mol. The van der Waals surface area contributed by atoms with Crippen LogP contribution in [0, 0.1) is 5.41 Å². The predicted molar refractivity (Wildman–Crippen MR) is 52.5 cm³/mol. The summed E-state index contributed by atoms with van der Waals surface area (Å²) in [6.07, 6.45) is 0. The number of fused-ring (bicyclic) bond motifs is 1. The van der Waals surface area contributed by atoms with Crippen LogP contribution in [0.1, 0.15) is 12.8 Å². The second kappa shape index (κ2) is 3.49. The van der Waals surface area contributed by atoms with Crippen LogP contribution >= 0.6 is 0 Å². The predicted octanol–water partition coefficient (Wildman–Crippen LogP) is 2.19. The quantitative estimate of drug-likeness (QED) is 0.583. The van der Waals surface area contributed by atoms with E-state index in [-0.39, 0.29) is 11.8 Å². The number of oxazole rings is 1. The highest BCUT2D eigenvalue weighted by Gasteiger charge is 2.10. The molecule has 0 unspecified atom stereocenters. The Balaban J connectivity index is 2.40. The van der Waals surface area contributed by atoms with E-state index in [1.54, 1.807) is 0 Å². The summed E-state index contributed by atoms with van der Waals surface area (Å²) in [6.45, 7) is 2.26. The van der Waals surface area contributed by atoms with Crippen molar-refractivity contribution in [2.75, 3.05) is 6.61 Å². The zero-order chi connectivity index (χ0) is 9.97. The molecule has 0 saturated heterocycles. The second-order valence-electron chi connectivity index (χ2n) is 2.75. The van der Waals surface area contributed by atoms with Gasteiger partial charge < -0.3 is 9.15 Å². The fourth-order valence-electron chi connectivity index (χ4n) is 1.18. The topological polar surface area (TPSA) is 59.1 Å². The van der Waals surface area contributed by atoms with Crippen molar-refractivity contribution < 1.29 is 9.15 Å². The van der Waals surface area contributed by atoms with Crippen molar-refractivity contribution in [3.63, 3.8) is 0 Å². The highest BCUT2D eigenvalue weighted by Crippen LogP contribution is 2.14. The smallest absolute Gasteiger partial charge is 0.283 e. The number of nitrogens with one attached hydrogen (secondary N) is 1. The molecule has 72 valence electrons. The largest absolute Gasteiger partial charge is 0.475 e. The van der Waals surface area contributed by atoms with Gasteiger partial charge in [0.1, 0.15) is 5.52 Å². The minimum atomic E-state index is -0.0244. The molecule has 0 aliphatic heterocycles. The molecule has 0 saturated carbocycles. The molecule has 0 amide bonds. The molecular formula is C10H10N2O2. The number of nitrogens with zero attached hydrogens (tertiary/aromatic N) is 1. The van der Waals surface area contributed by atoms with E-state index < -0.39 is 0 Å². The zero-order valence-electron chi connectivity index (χ0n) is 7.78. The van der Waals surface area contributed by atoms with Gasteiger partial charge in [-0.15, -0.1) is 0 Å². The Morgan fingerprint density at radius 1 is 1.50 bits per heavy atom. The molecule has 0 fully saturated rings. The third-order valence-corrected chi connectivity index (χ3v) is 1.78. The van der Waals surface area contributed by atoms with Crippen molar-refractivity contribution in [3.8, 4) is 0 Å². The lowest BCUT2D eigenvalue weighted by Gasteiger charge is -1.97. The lowest BCUT2D eigenvalue weighted by atomic mass is 10.3. The van der Waals surface area contributed by atoms with Crippen molar-refractivity contribution in [1.82, 2.24) is 4.98 Å². The van der Waals surface area contributed by atoms with E-state index in [9.17, 15) is 0 Å². The maximum absolute atomic E-state index is 7.48. The van der Waals surface area contributed by atoms with Crippen molar-refractivity contribution in [3.05, 3.63) is 30.2 Å². The van der Waals surface area contributed by atoms with E-state index >= 15 is 0 Å². The van der Waals surface area contributed by atoms with Gasteiger partial charge in [0, 0.05) is 0 Å². The van der Waals surface area contributed by atoms with E-state index in [4.69, 9.17) is 14.6 Å². The summed E-state index contributed by atoms with van der Waals surface area (Å²) in [5.74, 6) is 0.205. The maximum Gasteiger partial charge on any atom is 0.283 e. The Morgan fingerprint density at radius 3 is 3.00 bits per heavy atom. The van der Waals surface area contributed by atoms with Gasteiger partial charge in [-0.3, -0.25) is 5.41 Å². The number of hydrogen-bond acceptors (Lipinski definition) is 4. The molecule has 0 radical (unpaired) electrons. The van der Waals surface area contributed by atoms with Gasteiger partial charge in [-0.25, -0.2) is 4.98 Å². The van der Waals surface area contributed by atoms with Crippen molar-refractivity contribution in [1.29, 1.82) is 5.41 Å². The summed E-state index contributed by atoms with van der Waals surface area (Å²) in [5, 5.41) is 7.48. The van der Waals surface area contributed by atoms with Crippen LogP contribution in [0.5, 0.6) is 0 Å². The summed E-state index contributed by atoms with van der Waals surface area (Å²) in [7, 11) is 0. The Morgan fingerprint density at radius 2 is 2.29 bits per heavy atom. The Bertz CT molecular complexity index is 429. The molecule has 0 spiro atoms. The third-order valence-electron chi connectivity index (χ3n) is 1.78. The van der Waals surface area contributed by atoms with Gasteiger partial charge in [-0.2, -0.15) is 0 Å². The van der Waals surface area contributed by atoms with E-state index in [0.29, 0.717) is 12.2 Å². The molecule has 1 aromatic carbocycles. The Hall–Kier alpha value is -1.84. The van der Waals surface area contributed by atoms with Crippen LogP contribution < -0.4 is 0 Å². The minimum absolute atomic E-state index is 0.0244. The normalized spacial score (nSPS) is 10.4. The first-order valence-electron chi connectivity index (χ1n) is 4.38. The summed E-state index contributed by atoms with van der Waals surface area (Å²) in [4.78, 5) is 4.12. The van der Waals surface area contributed by atoms with E-state index in [0.717, 1.165) is 5.52 Å². The van der Waals surface area contributed by atoms with E-state index in [1.165, 1.54) is 0 Å². The Kier molecular flexibility index (Phi) is 2.18. The highest BCUT2D eigenvalue weighted by molar-refractivity contribution is 5.89. The molecule has 1 aromatic heterocycles. The molecule has 1 N–H and O–H groups in total. The Labute approximate surface area is 81.0 Å². The summed E-state index contributed by atoms with van der Waals surface area (Å²) in [5.41, 5.74) is 1.42. The molecule has 14 heavy (non-hydrogen) atoms. The van der Waals surface area contributed by atoms with Crippen LogP contribution in [0.2, 0.25) is 0 Å². The summed E-state index contributed by atoms with van der Waals surface area (Å²) in [6, 6.07) is 7.38. The van der Waals surface area contributed by atoms with Crippen LogP contribution in [0.15, 0.2) is 28.7 Å². The fraction of sp³-hybridized carbons (Fsp3) is 0.200. The molecule has 2 rings (SSSR count). The van der Waals surface area contributed by atoms with E-state index in [1.807, 2.05) is 31.2 Å². The number of aromatic nitrogens is 1. The van der Waals surface area contributed by atoms with Gasteiger partial charge in [0.15, 0.2) is 5.58 Å². The zero-order valence-corrected chi connectivity index (χ0v) is 7.78. The summed E-state index contributed by atoms with van der Waals surface area (Å²) < 4.78 is 10.3. The first kappa shape index (κ1) is 8.74. The molecule has 0 bridgehead atoms. The van der Waals surface area contributed by atoms with Crippen LogP contribution in [-0.4, -0.2) is 17.5 Å². The molecule has 0 aliphatic carbocycles. The van der Waals surface area contributed by atoms with Crippen molar-refractivity contribution >= 4 is 17.0 Å². The number of para-hydroxylation sites is 2. The van der Waals surface area contributed by atoms with Gasteiger partial charge in [-0.1, -0.05) is 12.1 Å². The van der Waals surface area contributed by atoms with Crippen LogP contribution in [0.3, 0.4) is 0 Å². The molecular weight excluding hydrogens is 180 g/mol. The van der Waals surface area contributed by atoms with Gasteiger partial charge in [-0.05, 0) is 19.1 Å². The number of hydrogen-bond donors (Lipinski definition) is 1. The molecule has 4 nitrogen and oxygen atoms in total. The SMILES string of the molecule is CCOC(=N)c1nc2ccccc2o1. The summed E-state index contributed by atoms with van der Waals surface area (Å²) >= 11 is 0. The van der Waals surface area contributed by atoms with Crippen molar-refractivity contribution in [2.45, 2.75) is 6.92 Å². The molecule has 1 heterocycles. The average Bonchev–Trinajstić information content (AvgIpc) is 2.61. The molecule has 2 aromatic rings. The maximum atomic E-state index is 7.48. The van der Waals surface area contributed by atoms with Crippen LogP contribution in [0.25, 0.3) is 11.1 Å². The first-order valence-corrected chi connectivity index (χ1v) is 4.38. The molecule has 0 aliphatic rings.